The number of ether oxygens (including phenoxy) is 2. The number of carbonyl (C=O) groups excluding carboxylic acids is 2. The van der Waals surface area contributed by atoms with E-state index in [1.165, 1.54) is 0 Å². The Bertz CT molecular complexity index is 1240. The summed E-state index contributed by atoms with van der Waals surface area (Å²) in [7, 11) is 3.58. The minimum absolute atomic E-state index is 0.0634. The van der Waals surface area contributed by atoms with Crippen LogP contribution in [0.2, 0.25) is 5.02 Å². The minimum Gasteiger partial charge on any atom is -0.490 e. The molecule has 1 aromatic heterocycles. The molecule has 2 aromatic carbocycles. The second-order valence-electron chi connectivity index (χ2n) is 9.66. The lowest BCUT2D eigenvalue weighted by atomic mass is 9.96. The van der Waals surface area contributed by atoms with Crippen LogP contribution in [0, 0.1) is 13.8 Å². The predicted octanol–water partition coefficient (Wildman–Crippen LogP) is 4.03. The number of nitrogens with zero attached hydrogens (tertiary/aromatic N) is 4. The van der Waals surface area contributed by atoms with E-state index in [1.807, 2.05) is 50.2 Å². The van der Waals surface area contributed by atoms with Gasteiger partial charge < -0.3 is 19.3 Å². The summed E-state index contributed by atoms with van der Waals surface area (Å²) >= 11 is 6.17. The molecule has 37 heavy (non-hydrogen) atoms. The summed E-state index contributed by atoms with van der Waals surface area (Å²) in [5, 5.41) is 5.00. The van der Waals surface area contributed by atoms with Gasteiger partial charge in [0, 0.05) is 37.9 Å². The van der Waals surface area contributed by atoms with Crippen molar-refractivity contribution in [1.29, 1.82) is 0 Å². The SMILES string of the molecule is Cc1cc(OC[C@]2(CC(=O)N(C)Cc3ccccc3)CN(C(=O)c3cc(C)n(C)n3)CCO2)ccc1Cl. The number of halogens is 1. The highest BCUT2D eigenvalue weighted by molar-refractivity contribution is 6.31. The largest absolute Gasteiger partial charge is 0.490 e. The number of amides is 2. The Kier molecular flexibility index (Phi) is 8.19. The Morgan fingerprint density at radius 1 is 1.16 bits per heavy atom. The zero-order valence-electron chi connectivity index (χ0n) is 21.7. The maximum absolute atomic E-state index is 13.4. The fourth-order valence-corrected chi connectivity index (χ4v) is 4.49. The van der Waals surface area contributed by atoms with Gasteiger partial charge >= 0.3 is 0 Å². The van der Waals surface area contributed by atoms with Crippen LogP contribution in [-0.4, -0.2) is 70.3 Å². The molecule has 8 nitrogen and oxygen atoms in total. The number of hydrogen-bond acceptors (Lipinski definition) is 5. The number of morpholine rings is 1. The third-order valence-electron chi connectivity index (χ3n) is 6.66. The van der Waals surface area contributed by atoms with Crippen molar-refractivity contribution in [3.8, 4) is 5.75 Å². The van der Waals surface area contributed by atoms with Crippen molar-refractivity contribution >= 4 is 23.4 Å². The van der Waals surface area contributed by atoms with Crippen LogP contribution < -0.4 is 4.74 Å². The Hall–Kier alpha value is -3.36. The summed E-state index contributed by atoms with van der Waals surface area (Å²) < 4.78 is 14.0. The zero-order chi connectivity index (χ0) is 26.6. The molecule has 0 radical (unpaired) electrons. The molecular weight excluding hydrogens is 492 g/mol. The van der Waals surface area contributed by atoms with E-state index in [9.17, 15) is 9.59 Å². The third kappa shape index (κ3) is 6.50. The van der Waals surface area contributed by atoms with E-state index >= 15 is 0 Å². The maximum Gasteiger partial charge on any atom is 0.274 e. The minimum atomic E-state index is -1.02. The second-order valence-corrected chi connectivity index (χ2v) is 10.1. The van der Waals surface area contributed by atoms with Gasteiger partial charge in [-0.25, -0.2) is 0 Å². The van der Waals surface area contributed by atoms with Crippen molar-refractivity contribution in [3.05, 3.63) is 82.1 Å². The molecule has 0 saturated carbocycles. The first-order chi connectivity index (χ1) is 17.7. The van der Waals surface area contributed by atoms with Crippen molar-refractivity contribution in [2.24, 2.45) is 7.05 Å². The van der Waals surface area contributed by atoms with Crippen molar-refractivity contribution in [1.82, 2.24) is 19.6 Å². The van der Waals surface area contributed by atoms with Crippen LogP contribution in [-0.2, 0) is 23.1 Å². The summed E-state index contributed by atoms with van der Waals surface area (Å²) in [5.74, 6) is 0.338. The normalized spacial score (nSPS) is 17.5. The van der Waals surface area contributed by atoms with Gasteiger partial charge in [0.25, 0.3) is 5.91 Å². The Labute approximate surface area is 222 Å². The van der Waals surface area contributed by atoms with Gasteiger partial charge in [-0.15, -0.1) is 0 Å². The Balaban J connectivity index is 1.54. The number of aromatic nitrogens is 2. The molecule has 1 aliphatic rings. The van der Waals surface area contributed by atoms with Gasteiger partial charge in [0.2, 0.25) is 5.91 Å². The summed E-state index contributed by atoms with van der Waals surface area (Å²) in [6.45, 7) is 5.28. The third-order valence-corrected chi connectivity index (χ3v) is 7.09. The van der Waals surface area contributed by atoms with E-state index in [0.29, 0.717) is 29.6 Å². The first kappa shape index (κ1) is 26.7. The van der Waals surface area contributed by atoms with Gasteiger partial charge in [-0.05, 0) is 49.2 Å². The molecule has 0 bridgehead atoms. The molecule has 9 heteroatoms. The molecule has 1 atom stereocenters. The summed E-state index contributed by atoms with van der Waals surface area (Å²) in [6, 6.07) is 17.0. The van der Waals surface area contributed by atoms with Crippen molar-refractivity contribution < 1.29 is 19.1 Å². The first-order valence-corrected chi connectivity index (χ1v) is 12.6. The first-order valence-electron chi connectivity index (χ1n) is 12.3. The molecule has 196 valence electrons. The molecule has 1 aliphatic heterocycles. The number of carbonyl (C=O) groups is 2. The van der Waals surface area contributed by atoms with Crippen molar-refractivity contribution in [2.45, 2.75) is 32.4 Å². The molecular formula is C28H33ClN4O4. The topological polar surface area (TPSA) is 76.9 Å². The van der Waals surface area contributed by atoms with Gasteiger partial charge in [0.15, 0.2) is 5.69 Å². The van der Waals surface area contributed by atoms with Crippen molar-refractivity contribution in [3.63, 3.8) is 0 Å². The number of rotatable bonds is 8. The van der Waals surface area contributed by atoms with E-state index in [0.717, 1.165) is 16.8 Å². The van der Waals surface area contributed by atoms with Crippen LogP contribution in [0.4, 0.5) is 0 Å². The second kappa shape index (κ2) is 11.4. The van der Waals surface area contributed by atoms with Gasteiger partial charge in [0.1, 0.15) is 18.0 Å². The van der Waals surface area contributed by atoms with Crippen LogP contribution in [0.5, 0.6) is 5.75 Å². The van der Waals surface area contributed by atoms with E-state index in [1.54, 1.807) is 46.8 Å². The van der Waals surface area contributed by atoms with E-state index < -0.39 is 5.60 Å². The van der Waals surface area contributed by atoms with Gasteiger partial charge in [-0.3, -0.25) is 14.3 Å². The van der Waals surface area contributed by atoms with Crippen LogP contribution in [0.1, 0.15) is 33.7 Å². The molecule has 2 amide bonds. The lowest BCUT2D eigenvalue weighted by Crippen LogP contribution is -2.58. The summed E-state index contributed by atoms with van der Waals surface area (Å²) in [6.07, 6.45) is 0.0634. The number of aryl methyl sites for hydroxylation is 3. The fraction of sp³-hybridized carbons (Fsp3) is 0.393. The average Bonchev–Trinajstić information content (AvgIpc) is 3.23. The highest BCUT2D eigenvalue weighted by atomic mass is 35.5. The monoisotopic (exact) mass is 524 g/mol. The van der Waals surface area contributed by atoms with Crippen LogP contribution in [0.3, 0.4) is 0 Å². The Morgan fingerprint density at radius 2 is 1.92 bits per heavy atom. The molecule has 0 spiro atoms. The highest BCUT2D eigenvalue weighted by Crippen LogP contribution is 2.28. The molecule has 4 rings (SSSR count). The fourth-order valence-electron chi connectivity index (χ4n) is 4.37. The number of benzene rings is 2. The van der Waals surface area contributed by atoms with Gasteiger partial charge in [0.05, 0.1) is 19.6 Å². The van der Waals surface area contributed by atoms with E-state index in [-0.39, 0.29) is 38.0 Å². The average molecular weight is 525 g/mol. The highest BCUT2D eigenvalue weighted by Gasteiger charge is 2.42. The molecule has 0 N–H and O–H groups in total. The van der Waals surface area contributed by atoms with Crippen LogP contribution in [0.25, 0.3) is 0 Å². The molecule has 1 fully saturated rings. The van der Waals surface area contributed by atoms with Crippen LogP contribution >= 0.6 is 11.6 Å². The quantitative estimate of drug-likeness (QED) is 0.444. The van der Waals surface area contributed by atoms with Crippen LogP contribution in [0.15, 0.2) is 54.6 Å². The van der Waals surface area contributed by atoms with E-state index in [2.05, 4.69) is 5.10 Å². The molecule has 0 aliphatic carbocycles. The van der Waals surface area contributed by atoms with E-state index in [4.69, 9.17) is 21.1 Å². The standard InChI is InChI=1S/C28H33ClN4O4/c1-20-14-23(10-11-24(20)29)36-19-28(16-26(34)31(3)17-22-8-6-5-7-9-22)18-33(12-13-37-28)27(35)25-15-21(2)32(4)30-25/h5-11,14-15H,12-13,16-19H2,1-4H3/t28-/m0/s1. The molecule has 0 unspecified atom stereocenters. The summed E-state index contributed by atoms with van der Waals surface area (Å²) in [5.41, 5.74) is 2.17. The van der Waals surface area contributed by atoms with Gasteiger partial charge in [-0.2, -0.15) is 5.10 Å². The molecule has 1 saturated heterocycles. The summed E-state index contributed by atoms with van der Waals surface area (Å²) in [4.78, 5) is 30.1. The smallest absolute Gasteiger partial charge is 0.274 e. The lowest BCUT2D eigenvalue weighted by Gasteiger charge is -2.42. The Morgan fingerprint density at radius 3 is 2.59 bits per heavy atom. The maximum atomic E-state index is 13.4. The molecule has 3 aromatic rings. The predicted molar refractivity (Wildman–Crippen MR) is 142 cm³/mol. The van der Waals surface area contributed by atoms with Crippen molar-refractivity contribution in [2.75, 3.05) is 33.4 Å². The molecule has 2 heterocycles. The van der Waals surface area contributed by atoms with Gasteiger partial charge in [-0.1, -0.05) is 41.9 Å². The lowest BCUT2D eigenvalue weighted by molar-refractivity contribution is -0.152. The zero-order valence-corrected chi connectivity index (χ0v) is 22.5. The number of hydrogen-bond donors (Lipinski definition) is 0.